The first kappa shape index (κ1) is 11.5. The Bertz CT molecular complexity index is 371. The van der Waals surface area contributed by atoms with Crippen LogP contribution >= 0.6 is 11.8 Å². The van der Waals surface area contributed by atoms with E-state index in [4.69, 9.17) is 0 Å². The molecule has 0 spiro atoms. The molecule has 86 valence electrons. The lowest BCUT2D eigenvalue weighted by Gasteiger charge is -2.28. The van der Waals surface area contributed by atoms with Gasteiger partial charge in [0, 0.05) is 24.3 Å². The predicted molar refractivity (Wildman–Crippen MR) is 71.8 cm³/mol. The average molecular weight is 234 g/mol. The zero-order valence-corrected chi connectivity index (χ0v) is 10.7. The van der Waals surface area contributed by atoms with Crippen molar-refractivity contribution < 1.29 is 0 Å². The number of thioether (sulfide) groups is 1. The van der Waals surface area contributed by atoms with Crippen LogP contribution in [0.4, 0.5) is 0 Å². The number of benzene rings is 1. The lowest BCUT2D eigenvalue weighted by Crippen LogP contribution is -2.39. The molecule has 1 aliphatic heterocycles. The molecule has 2 rings (SSSR count). The summed E-state index contributed by atoms with van der Waals surface area (Å²) in [6.45, 7) is 6.43. The van der Waals surface area contributed by atoms with Crippen molar-refractivity contribution in [2.75, 3.05) is 13.1 Å². The van der Waals surface area contributed by atoms with Crippen LogP contribution in [0, 0.1) is 5.41 Å². The second kappa shape index (κ2) is 4.91. The van der Waals surface area contributed by atoms with Crippen molar-refractivity contribution in [3.63, 3.8) is 0 Å². The minimum atomic E-state index is 0.302. The van der Waals surface area contributed by atoms with Crippen molar-refractivity contribution in [3.05, 3.63) is 35.9 Å². The van der Waals surface area contributed by atoms with Gasteiger partial charge in [-0.05, 0) is 5.56 Å². The van der Waals surface area contributed by atoms with E-state index >= 15 is 0 Å². The number of nitrogens with one attached hydrogen (secondary N) is 1. The topological polar surface area (TPSA) is 24.4 Å². The normalized spacial score (nSPS) is 18.8. The highest BCUT2D eigenvalue weighted by atomic mass is 32.2. The monoisotopic (exact) mass is 234 g/mol. The summed E-state index contributed by atoms with van der Waals surface area (Å²) in [5, 5.41) is 4.48. The summed E-state index contributed by atoms with van der Waals surface area (Å²) in [6.07, 6.45) is 0. The first-order valence-electron chi connectivity index (χ1n) is 5.61. The van der Waals surface area contributed by atoms with E-state index in [-0.39, 0.29) is 0 Å². The Balaban J connectivity index is 1.86. The molecule has 1 aromatic carbocycles. The molecule has 3 heteroatoms. The second-order valence-corrected chi connectivity index (χ2v) is 5.88. The summed E-state index contributed by atoms with van der Waals surface area (Å²) in [5.41, 5.74) is 1.65. The van der Waals surface area contributed by atoms with Crippen molar-refractivity contribution in [2.24, 2.45) is 10.4 Å². The van der Waals surface area contributed by atoms with Gasteiger partial charge in [-0.1, -0.05) is 55.9 Å². The fourth-order valence-electron chi connectivity index (χ4n) is 1.54. The van der Waals surface area contributed by atoms with E-state index in [0.29, 0.717) is 5.41 Å². The highest BCUT2D eigenvalue weighted by Crippen LogP contribution is 2.21. The molecule has 2 nitrogen and oxygen atoms in total. The molecule has 0 saturated heterocycles. The molecule has 0 unspecified atom stereocenters. The van der Waals surface area contributed by atoms with Crippen LogP contribution in [-0.4, -0.2) is 18.3 Å². The van der Waals surface area contributed by atoms with Crippen molar-refractivity contribution >= 4 is 16.9 Å². The van der Waals surface area contributed by atoms with Crippen molar-refractivity contribution in [3.8, 4) is 0 Å². The molecule has 16 heavy (non-hydrogen) atoms. The smallest absolute Gasteiger partial charge is 0.156 e. The lowest BCUT2D eigenvalue weighted by atomic mass is 9.93. The number of amidine groups is 1. The number of hydrogen-bond donors (Lipinski definition) is 1. The maximum absolute atomic E-state index is 4.57. The van der Waals surface area contributed by atoms with Gasteiger partial charge in [0.15, 0.2) is 5.17 Å². The number of rotatable bonds is 2. The number of nitrogens with zero attached hydrogens (tertiary/aromatic N) is 1. The SMILES string of the molecule is CC1(C)CN=C(SCc2ccccc2)NC1. The fraction of sp³-hybridized carbons (Fsp3) is 0.462. The summed E-state index contributed by atoms with van der Waals surface area (Å²) in [6, 6.07) is 10.5. The molecule has 0 aliphatic carbocycles. The highest BCUT2D eigenvalue weighted by Gasteiger charge is 2.22. The Labute approximate surface area is 102 Å². The third kappa shape index (κ3) is 3.27. The van der Waals surface area contributed by atoms with Crippen LogP contribution in [0.2, 0.25) is 0 Å². The Hall–Kier alpha value is -0.960. The minimum absolute atomic E-state index is 0.302. The van der Waals surface area contributed by atoms with Gasteiger partial charge in [0.25, 0.3) is 0 Å². The van der Waals surface area contributed by atoms with Gasteiger partial charge < -0.3 is 5.32 Å². The van der Waals surface area contributed by atoms with Gasteiger partial charge in [-0.25, -0.2) is 0 Å². The molecule has 1 aliphatic rings. The molecule has 1 N–H and O–H groups in total. The Morgan fingerprint density at radius 2 is 2.06 bits per heavy atom. The molecule has 0 amide bonds. The van der Waals surface area contributed by atoms with E-state index in [1.807, 2.05) is 6.07 Å². The van der Waals surface area contributed by atoms with Crippen LogP contribution in [0.3, 0.4) is 0 Å². The molecule has 1 heterocycles. The molecule has 0 saturated carbocycles. The third-order valence-electron chi connectivity index (χ3n) is 2.59. The summed E-state index contributed by atoms with van der Waals surface area (Å²) < 4.78 is 0. The van der Waals surface area contributed by atoms with E-state index in [2.05, 4.69) is 48.4 Å². The van der Waals surface area contributed by atoms with Crippen molar-refractivity contribution in [2.45, 2.75) is 19.6 Å². The first-order valence-corrected chi connectivity index (χ1v) is 6.59. The van der Waals surface area contributed by atoms with Gasteiger partial charge in [0.1, 0.15) is 0 Å². The minimum Gasteiger partial charge on any atom is -0.364 e. The molecule has 1 aromatic rings. The zero-order valence-electron chi connectivity index (χ0n) is 9.86. The van der Waals surface area contributed by atoms with Crippen LogP contribution in [0.25, 0.3) is 0 Å². The third-order valence-corrected chi connectivity index (χ3v) is 3.61. The van der Waals surface area contributed by atoms with Gasteiger partial charge in [-0.15, -0.1) is 0 Å². The van der Waals surface area contributed by atoms with E-state index in [0.717, 1.165) is 24.0 Å². The number of aliphatic imine (C=N–C) groups is 1. The van der Waals surface area contributed by atoms with Crippen LogP contribution in [-0.2, 0) is 5.75 Å². The summed E-state index contributed by atoms with van der Waals surface area (Å²) >= 11 is 1.79. The zero-order chi connectivity index (χ0) is 11.4. The van der Waals surface area contributed by atoms with Gasteiger partial charge in [0.05, 0.1) is 0 Å². The maximum atomic E-state index is 4.57. The Kier molecular flexibility index (Phi) is 3.54. The summed E-state index contributed by atoms with van der Waals surface area (Å²) in [5.74, 6) is 0.993. The van der Waals surface area contributed by atoms with Crippen LogP contribution in [0.15, 0.2) is 35.3 Å². The molecular formula is C13H18N2S. The standard InChI is InChI=1S/C13H18N2S/c1-13(2)9-14-12(15-10-13)16-8-11-6-4-3-5-7-11/h3-7H,8-10H2,1-2H3,(H,14,15). The molecule has 0 fully saturated rings. The number of hydrogen-bond acceptors (Lipinski definition) is 3. The van der Waals surface area contributed by atoms with Gasteiger partial charge in [0.2, 0.25) is 0 Å². The van der Waals surface area contributed by atoms with Crippen LogP contribution < -0.4 is 5.32 Å². The molecule has 0 radical (unpaired) electrons. The van der Waals surface area contributed by atoms with Crippen molar-refractivity contribution in [1.82, 2.24) is 5.32 Å². The molecule has 0 bridgehead atoms. The van der Waals surface area contributed by atoms with Crippen LogP contribution in [0.5, 0.6) is 0 Å². The predicted octanol–water partition coefficient (Wildman–Crippen LogP) is 2.91. The Morgan fingerprint density at radius 3 is 2.69 bits per heavy atom. The largest absolute Gasteiger partial charge is 0.364 e. The van der Waals surface area contributed by atoms with Gasteiger partial charge >= 0.3 is 0 Å². The molecule has 0 atom stereocenters. The van der Waals surface area contributed by atoms with Crippen molar-refractivity contribution in [1.29, 1.82) is 0 Å². The first-order chi connectivity index (χ1) is 7.66. The summed E-state index contributed by atoms with van der Waals surface area (Å²) in [7, 11) is 0. The molecule has 0 aromatic heterocycles. The second-order valence-electron chi connectivity index (χ2n) is 4.91. The van der Waals surface area contributed by atoms with Gasteiger partial charge in [-0.2, -0.15) is 0 Å². The molecular weight excluding hydrogens is 216 g/mol. The van der Waals surface area contributed by atoms with Gasteiger partial charge in [-0.3, -0.25) is 4.99 Å². The summed E-state index contributed by atoms with van der Waals surface area (Å²) in [4.78, 5) is 4.57. The van der Waals surface area contributed by atoms with E-state index in [9.17, 15) is 0 Å². The maximum Gasteiger partial charge on any atom is 0.156 e. The van der Waals surface area contributed by atoms with Crippen LogP contribution in [0.1, 0.15) is 19.4 Å². The van der Waals surface area contributed by atoms with E-state index in [1.165, 1.54) is 5.56 Å². The lowest BCUT2D eigenvalue weighted by molar-refractivity contribution is 0.364. The average Bonchev–Trinajstić information content (AvgIpc) is 2.29. The van der Waals surface area contributed by atoms with E-state index < -0.39 is 0 Å². The highest BCUT2D eigenvalue weighted by molar-refractivity contribution is 8.13. The van der Waals surface area contributed by atoms with E-state index in [1.54, 1.807) is 11.8 Å². The Morgan fingerprint density at radius 1 is 1.31 bits per heavy atom. The fourth-order valence-corrected chi connectivity index (χ4v) is 2.36. The quantitative estimate of drug-likeness (QED) is 0.851.